The van der Waals surface area contributed by atoms with Crippen molar-refractivity contribution in [2.24, 2.45) is 0 Å². The van der Waals surface area contributed by atoms with Gasteiger partial charge in [0.25, 0.3) is 0 Å². The normalized spacial score (nSPS) is 10.1. The van der Waals surface area contributed by atoms with E-state index < -0.39 is 5.82 Å². The van der Waals surface area contributed by atoms with E-state index in [1.54, 1.807) is 24.3 Å². The van der Waals surface area contributed by atoms with Gasteiger partial charge in [-0.15, -0.1) is 0 Å². The highest BCUT2D eigenvalue weighted by atomic mass is 79.9. The zero-order valence-electron chi connectivity index (χ0n) is 10.4. The monoisotopic (exact) mass is 335 g/mol. The van der Waals surface area contributed by atoms with Gasteiger partial charge >= 0.3 is 0 Å². The number of hydrogen-bond acceptors (Lipinski definition) is 3. The van der Waals surface area contributed by atoms with Crippen molar-refractivity contribution in [1.29, 1.82) is 5.26 Å². The number of aliphatic hydroxyl groups is 1. The minimum absolute atomic E-state index is 0.101. The molecule has 0 aromatic heterocycles. The van der Waals surface area contributed by atoms with Crippen molar-refractivity contribution in [3.8, 4) is 11.8 Å². The number of nitrogens with zero attached hydrogens (tertiary/aromatic N) is 1. The third-order valence-electron chi connectivity index (χ3n) is 2.68. The zero-order chi connectivity index (χ0) is 14.5. The van der Waals surface area contributed by atoms with Crippen LogP contribution in [0.4, 0.5) is 4.39 Å². The lowest BCUT2D eigenvalue weighted by atomic mass is 10.1. The first-order chi connectivity index (χ1) is 9.62. The smallest absolute Gasteiger partial charge is 0.124 e. The van der Waals surface area contributed by atoms with E-state index in [2.05, 4.69) is 15.9 Å². The number of rotatable bonds is 4. The quantitative estimate of drug-likeness (QED) is 0.929. The minimum Gasteiger partial charge on any atom is -0.489 e. The molecule has 0 heterocycles. The average molecular weight is 336 g/mol. The van der Waals surface area contributed by atoms with Crippen LogP contribution in [-0.2, 0) is 13.2 Å². The highest BCUT2D eigenvalue weighted by Crippen LogP contribution is 2.23. The molecule has 0 spiro atoms. The van der Waals surface area contributed by atoms with Gasteiger partial charge in [-0.1, -0.05) is 15.9 Å². The summed E-state index contributed by atoms with van der Waals surface area (Å²) in [5, 5.41) is 17.9. The first kappa shape index (κ1) is 14.5. The largest absolute Gasteiger partial charge is 0.489 e. The van der Waals surface area contributed by atoms with Crippen LogP contribution in [0.5, 0.6) is 5.75 Å². The number of aliphatic hydroxyl groups excluding tert-OH is 1. The molecular formula is C15H11BrFNO2. The molecule has 0 saturated heterocycles. The molecule has 0 radical (unpaired) electrons. The molecule has 1 N–H and O–H groups in total. The number of halogens is 2. The second kappa shape index (κ2) is 6.51. The van der Waals surface area contributed by atoms with Crippen LogP contribution < -0.4 is 4.74 Å². The van der Waals surface area contributed by atoms with Gasteiger partial charge in [0.1, 0.15) is 18.2 Å². The summed E-state index contributed by atoms with van der Waals surface area (Å²) in [5.41, 5.74) is 1.55. The van der Waals surface area contributed by atoms with Gasteiger partial charge in [-0.25, -0.2) is 4.39 Å². The summed E-state index contributed by atoms with van der Waals surface area (Å²) < 4.78 is 19.6. The Morgan fingerprint density at radius 3 is 2.75 bits per heavy atom. The second-order valence-corrected chi connectivity index (χ2v) is 5.01. The second-order valence-electron chi connectivity index (χ2n) is 4.16. The number of hydrogen-bond donors (Lipinski definition) is 1. The van der Waals surface area contributed by atoms with E-state index in [1.165, 1.54) is 12.1 Å². The molecule has 2 rings (SSSR count). The van der Waals surface area contributed by atoms with Crippen LogP contribution in [0.1, 0.15) is 16.7 Å². The molecule has 0 atom stereocenters. The molecule has 3 nitrogen and oxygen atoms in total. The predicted molar refractivity (Wildman–Crippen MR) is 75.5 cm³/mol. The van der Waals surface area contributed by atoms with Gasteiger partial charge in [-0.05, 0) is 47.5 Å². The molecule has 0 aliphatic heterocycles. The van der Waals surface area contributed by atoms with Crippen molar-refractivity contribution in [1.82, 2.24) is 0 Å². The Kier molecular flexibility index (Phi) is 4.72. The lowest BCUT2D eigenvalue weighted by Crippen LogP contribution is -1.98. The molecule has 20 heavy (non-hydrogen) atoms. The summed E-state index contributed by atoms with van der Waals surface area (Å²) in [6, 6.07) is 11.2. The predicted octanol–water partition coefficient (Wildman–Crippen LogP) is 3.53. The number of ether oxygens (including phenoxy) is 1. The SMILES string of the molecule is N#Cc1cc(F)cc(COc2ccc(Br)c(CO)c2)c1. The summed E-state index contributed by atoms with van der Waals surface area (Å²) >= 11 is 3.31. The Morgan fingerprint density at radius 2 is 2.05 bits per heavy atom. The van der Waals surface area contributed by atoms with Gasteiger partial charge in [0.15, 0.2) is 0 Å². The van der Waals surface area contributed by atoms with Crippen molar-refractivity contribution in [2.45, 2.75) is 13.2 Å². The highest BCUT2D eigenvalue weighted by molar-refractivity contribution is 9.10. The molecule has 0 amide bonds. The van der Waals surface area contributed by atoms with Crippen LogP contribution in [0.2, 0.25) is 0 Å². The zero-order valence-corrected chi connectivity index (χ0v) is 12.0. The van der Waals surface area contributed by atoms with E-state index in [0.29, 0.717) is 16.9 Å². The topological polar surface area (TPSA) is 53.2 Å². The molecule has 5 heteroatoms. The van der Waals surface area contributed by atoms with E-state index in [9.17, 15) is 4.39 Å². The Labute approximate surface area is 124 Å². The maximum absolute atomic E-state index is 13.3. The molecule has 2 aromatic carbocycles. The first-order valence-corrected chi connectivity index (χ1v) is 6.63. The highest BCUT2D eigenvalue weighted by Gasteiger charge is 2.04. The summed E-state index contributed by atoms with van der Waals surface area (Å²) in [6.07, 6.45) is 0. The van der Waals surface area contributed by atoms with E-state index in [1.807, 2.05) is 6.07 Å². The Bertz CT molecular complexity index is 667. The lowest BCUT2D eigenvalue weighted by Gasteiger charge is -2.09. The summed E-state index contributed by atoms with van der Waals surface area (Å²) in [5.74, 6) is 0.106. The molecule has 0 bridgehead atoms. The fraction of sp³-hybridized carbons (Fsp3) is 0.133. The molecule has 0 saturated carbocycles. The molecular weight excluding hydrogens is 325 g/mol. The van der Waals surface area contributed by atoms with Gasteiger partial charge in [-0.3, -0.25) is 0 Å². The van der Waals surface area contributed by atoms with Gasteiger partial charge in [0, 0.05) is 4.47 Å². The van der Waals surface area contributed by atoms with Crippen LogP contribution in [-0.4, -0.2) is 5.11 Å². The van der Waals surface area contributed by atoms with Crippen LogP contribution >= 0.6 is 15.9 Å². The minimum atomic E-state index is -0.463. The van der Waals surface area contributed by atoms with E-state index in [0.717, 1.165) is 4.47 Å². The van der Waals surface area contributed by atoms with Crippen molar-refractivity contribution >= 4 is 15.9 Å². The molecule has 0 unspecified atom stereocenters. The third kappa shape index (κ3) is 3.56. The summed E-state index contributed by atoms with van der Waals surface area (Å²) in [4.78, 5) is 0. The summed E-state index contributed by atoms with van der Waals surface area (Å²) in [7, 11) is 0. The standard InChI is InChI=1S/C15H11BrFNO2/c16-15-2-1-14(6-12(15)8-19)20-9-11-3-10(7-18)4-13(17)5-11/h1-6,19H,8-9H2. The Balaban J connectivity index is 2.13. The first-order valence-electron chi connectivity index (χ1n) is 5.84. The van der Waals surface area contributed by atoms with Crippen molar-refractivity contribution in [3.63, 3.8) is 0 Å². The number of nitriles is 1. The van der Waals surface area contributed by atoms with Crippen LogP contribution in [0, 0.1) is 17.1 Å². The van der Waals surface area contributed by atoms with Gasteiger partial charge in [0.05, 0.1) is 18.2 Å². The third-order valence-corrected chi connectivity index (χ3v) is 3.45. The molecule has 0 aliphatic carbocycles. The number of benzene rings is 2. The van der Waals surface area contributed by atoms with E-state index in [4.69, 9.17) is 15.1 Å². The van der Waals surface area contributed by atoms with Gasteiger partial charge in [-0.2, -0.15) is 5.26 Å². The van der Waals surface area contributed by atoms with Crippen LogP contribution in [0.3, 0.4) is 0 Å². The van der Waals surface area contributed by atoms with E-state index >= 15 is 0 Å². The van der Waals surface area contributed by atoms with Crippen molar-refractivity contribution < 1.29 is 14.2 Å². The van der Waals surface area contributed by atoms with Crippen molar-refractivity contribution in [2.75, 3.05) is 0 Å². The van der Waals surface area contributed by atoms with E-state index in [-0.39, 0.29) is 18.8 Å². The van der Waals surface area contributed by atoms with Gasteiger partial charge < -0.3 is 9.84 Å². The maximum Gasteiger partial charge on any atom is 0.124 e. The molecule has 0 aliphatic rings. The maximum atomic E-state index is 13.3. The fourth-order valence-electron chi connectivity index (χ4n) is 1.73. The average Bonchev–Trinajstić information content (AvgIpc) is 2.45. The molecule has 0 fully saturated rings. The Hall–Kier alpha value is -1.90. The van der Waals surface area contributed by atoms with Crippen LogP contribution in [0.15, 0.2) is 40.9 Å². The van der Waals surface area contributed by atoms with Crippen LogP contribution in [0.25, 0.3) is 0 Å². The molecule has 2 aromatic rings. The fourth-order valence-corrected chi connectivity index (χ4v) is 2.10. The van der Waals surface area contributed by atoms with Gasteiger partial charge in [0.2, 0.25) is 0 Å². The summed E-state index contributed by atoms with van der Waals surface area (Å²) in [6.45, 7) is 0.0509. The Morgan fingerprint density at radius 1 is 1.25 bits per heavy atom. The lowest BCUT2D eigenvalue weighted by molar-refractivity contribution is 0.277. The molecule has 102 valence electrons. The van der Waals surface area contributed by atoms with Crippen molar-refractivity contribution in [3.05, 3.63) is 63.4 Å².